The topological polar surface area (TPSA) is 23.6 Å². The van der Waals surface area contributed by atoms with Crippen molar-refractivity contribution in [2.75, 3.05) is 32.7 Å². The Morgan fingerprint density at radius 3 is 2.15 bits per heavy atom. The van der Waals surface area contributed by atoms with Crippen LogP contribution in [0.1, 0.15) is 27.9 Å². The normalized spacial score (nSPS) is 20.3. The van der Waals surface area contributed by atoms with Crippen LogP contribution in [0.15, 0.2) is 54.6 Å². The molecule has 1 fully saturated rings. The fourth-order valence-corrected chi connectivity index (χ4v) is 4.19. The second-order valence-corrected chi connectivity index (χ2v) is 7.42. The van der Waals surface area contributed by atoms with Crippen LogP contribution in [0.4, 0.5) is 0 Å². The fourth-order valence-electron chi connectivity index (χ4n) is 4.19. The first-order chi connectivity index (χ1) is 12.3. The van der Waals surface area contributed by atoms with E-state index in [0.29, 0.717) is 18.1 Å². The number of hydrogen-bond acceptors (Lipinski definition) is 3. The summed E-state index contributed by atoms with van der Waals surface area (Å²) in [6, 6.07) is 18.8. The van der Waals surface area contributed by atoms with Gasteiger partial charge in [-0.3, -0.25) is 9.69 Å². The van der Waals surface area contributed by atoms with E-state index in [4.69, 9.17) is 0 Å². The quantitative estimate of drug-likeness (QED) is 0.763. The van der Waals surface area contributed by atoms with Crippen molar-refractivity contribution >= 4 is 30.6 Å². The zero-order valence-electron chi connectivity index (χ0n) is 15.5. The summed E-state index contributed by atoms with van der Waals surface area (Å²) in [7, 11) is 0. The Balaban J connectivity index is 0.00000131. The summed E-state index contributed by atoms with van der Waals surface area (Å²) in [5, 5.41) is 0. The lowest BCUT2D eigenvalue weighted by Crippen LogP contribution is -2.47. The van der Waals surface area contributed by atoms with Crippen LogP contribution >= 0.6 is 24.8 Å². The molecule has 0 spiro atoms. The molecular formula is C22H28Cl2N2O. The van der Waals surface area contributed by atoms with Crippen molar-refractivity contribution in [3.63, 3.8) is 0 Å². The summed E-state index contributed by atoms with van der Waals surface area (Å²) in [5.74, 6) is 0.803. The highest BCUT2D eigenvalue weighted by Gasteiger charge is 2.27. The first kappa shape index (κ1) is 21.9. The predicted octanol–water partition coefficient (Wildman–Crippen LogP) is 4.09. The highest BCUT2D eigenvalue weighted by atomic mass is 35.5. The predicted molar refractivity (Wildman–Crippen MR) is 115 cm³/mol. The zero-order valence-corrected chi connectivity index (χ0v) is 17.2. The molecule has 2 aliphatic rings. The van der Waals surface area contributed by atoms with Gasteiger partial charge < -0.3 is 4.90 Å². The number of halogens is 2. The third-order valence-electron chi connectivity index (χ3n) is 5.53. The van der Waals surface area contributed by atoms with E-state index in [0.717, 1.165) is 51.3 Å². The van der Waals surface area contributed by atoms with Crippen LogP contribution in [0, 0.1) is 5.92 Å². The maximum atomic E-state index is 12.4. The van der Waals surface area contributed by atoms with E-state index in [1.54, 1.807) is 0 Å². The van der Waals surface area contributed by atoms with E-state index in [2.05, 4.69) is 52.3 Å². The van der Waals surface area contributed by atoms with Crippen LogP contribution in [-0.2, 0) is 13.0 Å². The van der Waals surface area contributed by atoms with E-state index in [1.807, 2.05) is 12.1 Å². The van der Waals surface area contributed by atoms with Crippen molar-refractivity contribution in [3.8, 4) is 0 Å². The van der Waals surface area contributed by atoms with Crippen LogP contribution in [-0.4, -0.2) is 48.3 Å². The van der Waals surface area contributed by atoms with Crippen molar-refractivity contribution < 1.29 is 4.79 Å². The lowest BCUT2D eigenvalue weighted by Gasteiger charge is -2.37. The molecule has 146 valence electrons. The lowest BCUT2D eigenvalue weighted by atomic mass is 9.83. The molecule has 1 atom stereocenters. The standard InChI is InChI=1S/C22H26N2O.2ClH/c25-22-15-19(14-20-8-4-5-9-21(20)22)17-24-12-10-23(11-13-24)16-18-6-2-1-3-7-18;;/h1-9,19H,10-17H2;2*1H. The molecule has 1 heterocycles. The van der Waals surface area contributed by atoms with Gasteiger partial charge in [-0.2, -0.15) is 0 Å². The maximum Gasteiger partial charge on any atom is 0.163 e. The molecule has 0 bridgehead atoms. The lowest BCUT2D eigenvalue weighted by molar-refractivity contribution is 0.0877. The molecule has 0 saturated carbocycles. The Morgan fingerprint density at radius 2 is 1.41 bits per heavy atom. The van der Waals surface area contributed by atoms with Crippen molar-refractivity contribution in [2.45, 2.75) is 19.4 Å². The molecule has 1 aliphatic carbocycles. The number of rotatable bonds is 4. The highest BCUT2D eigenvalue weighted by Crippen LogP contribution is 2.26. The summed E-state index contributed by atoms with van der Waals surface area (Å²) >= 11 is 0. The molecule has 3 nitrogen and oxygen atoms in total. The molecule has 5 heteroatoms. The van der Waals surface area contributed by atoms with Gasteiger partial charge in [-0.15, -0.1) is 24.8 Å². The Bertz CT molecular complexity index is 730. The molecule has 0 N–H and O–H groups in total. The van der Waals surface area contributed by atoms with Gasteiger partial charge in [0.05, 0.1) is 0 Å². The van der Waals surface area contributed by atoms with Gasteiger partial charge in [0, 0.05) is 51.3 Å². The number of ketones is 1. The molecule has 4 rings (SSSR count). The van der Waals surface area contributed by atoms with Gasteiger partial charge in [-0.25, -0.2) is 0 Å². The minimum Gasteiger partial charge on any atom is -0.300 e. The average Bonchev–Trinajstić information content (AvgIpc) is 2.64. The third kappa shape index (κ3) is 5.55. The highest BCUT2D eigenvalue weighted by molar-refractivity contribution is 5.98. The van der Waals surface area contributed by atoms with E-state index >= 15 is 0 Å². The van der Waals surface area contributed by atoms with E-state index in [-0.39, 0.29) is 24.8 Å². The fraction of sp³-hybridized carbons (Fsp3) is 0.409. The smallest absolute Gasteiger partial charge is 0.163 e. The average molecular weight is 407 g/mol. The van der Waals surface area contributed by atoms with Crippen LogP contribution in [0.3, 0.4) is 0 Å². The Hall–Kier alpha value is -1.39. The molecule has 2 aromatic rings. The number of Topliss-reactive ketones (excluding diaryl/α,β-unsaturated/α-hetero) is 1. The number of piperazine rings is 1. The Morgan fingerprint density at radius 1 is 0.778 bits per heavy atom. The summed E-state index contributed by atoms with van der Waals surface area (Å²) in [5.41, 5.74) is 3.59. The second kappa shape index (κ2) is 10.2. The summed E-state index contributed by atoms with van der Waals surface area (Å²) in [6.45, 7) is 6.56. The molecule has 0 aromatic heterocycles. The SMILES string of the molecule is Cl.Cl.O=C1CC(CN2CCN(Cc3ccccc3)CC2)Cc2ccccc21. The summed E-state index contributed by atoms with van der Waals surface area (Å²) in [6.07, 6.45) is 1.76. The minimum atomic E-state index is 0. The number of carbonyl (C=O) groups excluding carboxylic acids is 1. The van der Waals surface area contributed by atoms with E-state index in [1.165, 1.54) is 11.1 Å². The first-order valence-corrected chi connectivity index (χ1v) is 9.37. The second-order valence-electron chi connectivity index (χ2n) is 7.42. The van der Waals surface area contributed by atoms with E-state index < -0.39 is 0 Å². The zero-order chi connectivity index (χ0) is 17.1. The number of fused-ring (bicyclic) bond motifs is 1. The summed E-state index contributed by atoms with van der Waals surface area (Å²) < 4.78 is 0. The van der Waals surface area contributed by atoms with Crippen molar-refractivity contribution in [3.05, 3.63) is 71.3 Å². The van der Waals surface area contributed by atoms with E-state index in [9.17, 15) is 4.79 Å². The van der Waals surface area contributed by atoms with Crippen molar-refractivity contribution in [1.29, 1.82) is 0 Å². The molecule has 0 amide bonds. The number of benzene rings is 2. The van der Waals surface area contributed by atoms with Crippen molar-refractivity contribution in [1.82, 2.24) is 9.80 Å². The Labute approximate surface area is 174 Å². The molecule has 0 radical (unpaired) electrons. The molecule has 1 saturated heterocycles. The van der Waals surface area contributed by atoms with Gasteiger partial charge in [-0.05, 0) is 23.5 Å². The largest absolute Gasteiger partial charge is 0.300 e. The van der Waals surface area contributed by atoms with Gasteiger partial charge in [0.2, 0.25) is 0 Å². The van der Waals surface area contributed by atoms with Gasteiger partial charge in [0.1, 0.15) is 0 Å². The minimum absolute atomic E-state index is 0. The molecule has 1 aliphatic heterocycles. The molecule has 2 aromatic carbocycles. The van der Waals surface area contributed by atoms with Crippen LogP contribution < -0.4 is 0 Å². The number of carbonyl (C=O) groups is 1. The first-order valence-electron chi connectivity index (χ1n) is 9.37. The van der Waals surface area contributed by atoms with Gasteiger partial charge >= 0.3 is 0 Å². The molecule has 1 unspecified atom stereocenters. The van der Waals surface area contributed by atoms with Gasteiger partial charge in [-0.1, -0.05) is 54.6 Å². The van der Waals surface area contributed by atoms with Gasteiger partial charge in [0.25, 0.3) is 0 Å². The maximum absolute atomic E-state index is 12.4. The van der Waals surface area contributed by atoms with Crippen LogP contribution in [0.2, 0.25) is 0 Å². The molecule has 27 heavy (non-hydrogen) atoms. The Kier molecular flexibility index (Phi) is 8.30. The summed E-state index contributed by atoms with van der Waals surface area (Å²) in [4.78, 5) is 17.4. The van der Waals surface area contributed by atoms with Gasteiger partial charge in [0.15, 0.2) is 5.78 Å². The van der Waals surface area contributed by atoms with Crippen LogP contribution in [0.25, 0.3) is 0 Å². The third-order valence-corrected chi connectivity index (χ3v) is 5.53. The molecular weight excluding hydrogens is 379 g/mol. The monoisotopic (exact) mass is 406 g/mol. The van der Waals surface area contributed by atoms with Crippen LogP contribution in [0.5, 0.6) is 0 Å². The number of nitrogens with zero attached hydrogens (tertiary/aromatic N) is 2. The number of hydrogen-bond donors (Lipinski definition) is 0. The van der Waals surface area contributed by atoms with Crippen molar-refractivity contribution in [2.24, 2.45) is 5.92 Å².